The second-order valence-corrected chi connectivity index (χ2v) is 10.8. The van der Waals surface area contributed by atoms with Gasteiger partial charge in [0.2, 0.25) is 0 Å². The lowest BCUT2D eigenvalue weighted by atomic mass is 9.72. The van der Waals surface area contributed by atoms with Gasteiger partial charge in [-0.25, -0.2) is 0 Å². The summed E-state index contributed by atoms with van der Waals surface area (Å²) >= 11 is 7.49. The summed E-state index contributed by atoms with van der Waals surface area (Å²) in [5.41, 5.74) is 2.38. The summed E-state index contributed by atoms with van der Waals surface area (Å²) in [5.74, 6) is 0.192. The number of thiophene rings is 1. The molecule has 0 fully saturated rings. The van der Waals surface area contributed by atoms with Crippen molar-refractivity contribution < 1.29 is 9.59 Å². The summed E-state index contributed by atoms with van der Waals surface area (Å²) in [6.45, 7) is 15.2. The molecule has 1 N–H and O–H groups in total. The van der Waals surface area contributed by atoms with Crippen molar-refractivity contribution in [2.75, 3.05) is 18.4 Å². The number of anilines is 1. The molecule has 1 heterocycles. The summed E-state index contributed by atoms with van der Waals surface area (Å²) in [5, 5.41) is 4.20. The van der Waals surface area contributed by atoms with Gasteiger partial charge in [0, 0.05) is 28.6 Å². The number of halogens is 1. The van der Waals surface area contributed by atoms with Crippen molar-refractivity contribution in [3.8, 4) is 0 Å². The van der Waals surface area contributed by atoms with Crippen molar-refractivity contribution in [3.63, 3.8) is 0 Å². The number of hydrogen-bond donors (Lipinski definition) is 1. The lowest BCUT2D eigenvalue weighted by Crippen LogP contribution is -2.33. The molecule has 0 bridgehead atoms. The average Bonchev–Trinajstić information content (AvgIpc) is 3.09. The molecule has 170 valence electrons. The molecule has 0 spiro atoms. The van der Waals surface area contributed by atoms with E-state index >= 15 is 0 Å². The highest BCUT2D eigenvalue weighted by Crippen LogP contribution is 2.44. The number of nitrogens with zero attached hydrogens (tertiary/aromatic N) is 1. The molecule has 32 heavy (non-hydrogen) atoms. The summed E-state index contributed by atoms with van der Waals surface area (Å²) in [7, 11) is 0. The molecule has 1 aliphatic rings. The van der Waals surface area contributed by atoms with E-state index < -0.39 is 0 Å². The minimum absolute atomic E-state index is 0.0945. The van der Waals surface area contributed by atoms with Crippen molar-refractivity contribution in [1.82, 2.24) is 4.90 Å². The highest BCUT2D eigenvalue weighted by atomic mass is 35.5. The molecule has 3 rings (SSSR count). The Morgan fingerprint density at radius 1 is 1.19 bits per heavy atom. The van der Waals surface area contributed by atoms with E-state index in [4.69, 9.17) is 11.6 Å². The number of rotatable bonds is 7. The smallest absolute Gasteiger partial charge is 0.257 e. The van der Waals surface area contributed by atoms with Crippen LogP contribution >= 0.6 is 22.9 Å². The molecular weight excluding hydrogens is 440 g/mol. The quantitative estimate of drug-likeness (QED) is 0.462. The van der Waals surface area contributed by atoms with Gasteiger partial charge in [0.15, 0.2) is 0 Å². The fraction of sp³-hybridized carbons (Fsp3) is 0.385. The Balaban J connectivity index is 2.01. The summed E-state index contributed by atoms with van der Waals surface area (Å²) < 4.78 is 0. The monoisotopic (exact) mass is 470 g/mol. The van der Waals surface area contributed by atoms with Crippen molar-refractivity contribution >= 4 is 39.8 Å². The summed E-state index contributed by atoms with van der Waals surface area (Å²) in [6, 6.07) is 6.74. The molecule has 4 nitrogen and oxygen atoms in total. The first-order valence-electron chi connectivity index (χ1n) is 10.9. The van der Waals surface area contributed by atoms with Crippen molar-refractivity contribution in [3.05, 3.63) is 76.2 Å². The second-order valence-electron chi connectivity index (χ2n) is 9.26. The van der Waals surface area contributed by atoms with Gasteiger partial charge in [-0.2, -0.15) is 0 Å². The van der Waals surface area contributed by atoms with Crippen LogP contribution in [0, 0.1) is 11.3 Å². The molecule has 0 radical (unpaired) electrons. The van der Waals surface area contributed by atoms with Gasteiger partial charge in [-0.3, -0.25) is 9.59 Å². The predicted molar refractivity (Wildman–Crippen MR) is 135 cm³/mol. The molecule has 2 aromatic rings. The number of nitrogens with one attached hydrogen (secondary N) is 1. The highest BCUT2D eigenvalue weighted by Gasteiger charge is 2.35. The number of carbonyl (C=O) groups excluding carboxylic acids is 2. The molecule has 0 aliphatic heterocycles. The van der Waals surface area contributed by atoms with Crippen LogP contribution in [-0.2, 0) is 12.8 Å². The number of amides is 2. The minimum atomic E-state index is -0.249. The molecule has 1 aliphatic carbocycles. The van der Waals surface area contributed by atoms with Gasteiger partial charge in [-0.15, -0.1) is 24.5 Å². The summed E-state index contributed by atoms with van der Waals surface area (Å²) in [4.78, 5) is 29.4. The van der Waals surface area contributed by atoms with Crippen molar-refractivity contribution in [1.29, 1.82) is 0 Å². The van der Waals surface area contributed by atoms with Crippen LogP contribution in [0.25, 0.3) is 0 Å². The van der Waals surface area contributed by atoms with Gasteiger partial charge in [0.05, 0.1) is 5.56 Å². The molecule has 6 heteroatoms. The largest absolute Gasteiger partial charge is 0.331 e. The fourth-order valence-electron chi connectivity index (χ4n) is 4.13. The SMILES string of the molecule is C=CCN(CC=C)C(=O)c1c(NC(=O)c2ccc(Cl)cc2)sc2c1CCC(C(C)(C)C)C2. The Bertz CT molecular complexity index is 1010. The Hall–Kier alpha value is -2.37. The van der Waals surface area contributed by atoms with Crippen molar-refractivity contribution in [2.24, 2.45) is 11.3 Å². The first-order chi connectivity index (χ1) is 15.2. The van der Waals surface area contributed by atoms with E-state index in [1.807, 2.05) is 0 Å². The standard InChI is InChI=1S/C26H31ClN2O2S/c1-6-14-29(15-7-2)25(31)22-20-13-10-18(26(3,4)5)16-21(20)32-24(22)28-23(30)17-8-11-19(27)12-9-17/h6-9,11-12,18H,1-2,10,13-16H2,3-5H3,(H,28,30). The average molecular weight is 471 g/mol. The zero-order valence-corrected chi connectivity index (χ0v) is 20.6. The minimum Gasteiger partial charge on any atom is -0.331 e. The lowest BCUT2D eigenvalue weighted by molar-refractivity contribution is 0.0790. The maximum Gasteiger partial charge on any atom is 0.257 e. The van der Waals surface area contributed by atoms with Crippen LogP contribution in [0.1, 0.15) is 58.3 Å². The molecule has 1 atom stereocenters. The maximum atomic E-state index is 13.6. The zero-order valence-electron chi connectivity index (χ0n) is 19.0. The molecule has 0 saturated carbocycles. The van der Waals surface area contributed by atoms with Gasteiger partial charge >= 0.3 is 0 Å². The molecule has 1 aromatic heterocycles. The molecule has 2 amide bonds. The van der Waals surface area contributed by atoms with E-state index in [1.54, 1.807) is 41.3 Å². The predicted octanol–water partition coefficient (Wildman–Crippen LogP) is 6.62. The number of fused-ring (bicyclic) bond motifs is 1. The number of hydrogen-bond acceptors (Lipinski definition) is 3. The van der Waals surface area contributed by atoms with E-state index in [9.17, 15) is 9.59 Å². The highest BCUT2D eigenvalue weighted by molar-refractivity contribution is 7.17. The Morgan fingerprint density at radius 3 is 2.38 bits per heavy atom. The van der Waals surface area contributed by atoms with Gasteiger partial charge in [-0.1, -0.05) is 44.5 Å². The van der Waals surface area contributed by atoms with Crippen LogP contribution < -0.4 is 5.32 Å². The zero-order chi connectivity index (χ0) is 23.5. The topological polar surface area (TPSA) is 49.4 Å². The van der Waals surface area contributed by atoms with E-state index in [0.29, 0.717) is 40.2 Å². The van der Waals surface area contributed by atoms with Crippen LogP contribution in [0.2, 0.25) is 5.02 Å². The van der Waals surface area contributed by atoms with Crippen LogP contribution in [0.15, 0.2) is 49.6 Å². The molecule has 0 saturated heterocycles. The fourth-order valence-corrected chi connectivity index (χ4v) is 5.57. The maximum absolute atomic E-state index is 13.6. The Labute approximate surface area is 200 Å². The van der Waals surface area contributed by atoms with E-state index in [-0.39, 0.29) is 17.2 Å². The third-order valence-electron chi connectivity index (χ3n) is 6.02. The Kier molecular flexibility index (Phi) is 7.63. The van der Waals surface area contributed by atoms with Gasteiger partial charge < -0.3 is 10.2 Å². The first-order valence-corrected chi connectivity index (χ1v) is 12.1. The lowest BCUT2D eigenvalue weighted by Gasteiger charge is -2.34. The van der Waals surface area contributed by atoms with E-state index in [1.165, 1.54) is 16.2 Å². The van der Waals surface area contributed by atoms with Gasteiger partial charge in [-0.05, 0) is 60.4 Å². The number of carbonyl (C=O) groups is 2. The first kappa shape index (κ1) is 24.3. The van der Waals surface area contributed by atoms with Gasteiger partial charge in [0.25, 0.3) is 11.8 Å². The molecule has 1 aromatic carbocycles. The van der Waals surface area contributed by atoms with Gasteiger partial charge in [0.1, 0.15) is 5.00 Å². The normalized spacial score (nSPS) is 15.6. The van der Waals surface area contributed by atoms with E-state index in [0.717, 1.165) is 24.8 Å². The third kappa shape index (κ3) is 5.33. The van der Waals surface area contributed by atoms with Crippen LogP contribution in [-0.4, -0.2) is 29.8 Å². The van der Waals surface area contributed by atoms with Crippen molar-refractivity contribution in [2.45, 2.75) is 40.0 Å². The second kappa shape index (κ2) is 10.1. The van der Waals surface area contributed by atoms with Crippen LogP contribution in [0.4, 0.5) is 5.00 Å². The summed E-state index contributed by atoms with van der Waals surface area (Å²) in [6.07, 6.45) is 6.20. The van der Waals surface area contributed by atoms with Crippen LogP contribution in [0.3, 0.4) is 0 Å². The number of benzene rings is 1. The molecule has 1 unspecified atom stereocenters. The van der Waals surface area contributed by atoms with E-state index in [2.05, 4.69) is 39.2 Å². The third-order valence-corrected chi connectivity index (χ3v) is 7.45. The molecular formula is C26H31ClN2O2S. The Morgan fingerprint density at radius 2 is 1.81 bits per heavy atom. The van der Waals surface area contributed by atoms with Crippen LogP contribution in [0.5, 0.6) is 0 Å².